The second-order valence-corrected chi connectivity index (χ2v) is 3.56. The first kappa shape index (κ1) is 12.9. The van der Waals surface area contributed by atoms with Gasteiger partial charge in [0.25, 0.3) is 0 Å². The lowest BCUT2D eigenvalue weighted by molar-refractivity contribution is -0.480. The van der Waals surface area contributed by atoms with E-state index in [1.807, 2.05) is 0 Å². The first-order chi connectivity index (χ1) is 8.02. The number of hydrogen-bond acceptors (Lipinski definition) is 5. The lowest BCUT2D eigenvalue weighted by Gasteiger charge is -2.03. The van der Waals surface area contributed by atoms with Gasteiger partial charge in [-0.25, -0.2) is 0 Å². The summed E-state index contributed by atoms with van der Waals surface area (Å²) in [5, 5.41) is 30.2. The van der Waals surface area contributed by atoms with Gasteiger partial charge in [-0.05, 0) is 12.8 Å². The zero-order valence-corrected chi connectivity index (χ0v) is 9.04. The van der Waals surface area contributed by atoms with E-state index in [1.165, 1.54) is 12.1 Å². The van der Waals surface area contributed by atoms with Gasteiger partial charge in [0.2, 0.25) is 6.54 Å². The Bertz CT molecular complexity index is 433. The second-order valence-electron chi connectivity index (χ2n) is 3.56. The molecular weight excluding hydrogens is 228 g/mol. The van der Waals surface area contributed by atoms with Crippen molar-refractivity contribution in [1.29, 1.82) is 0 Å². The third kappa shape index (κ3) is 3.71. The SMILES string of the molecule is O=[N+]([O-])CCCCc1cccc([N+](=O)[O-])c1O. The van der Waals surface area contributed by atoms with Crippen LogP contribution in [0.15, 0.2) is 18.2 Å². The number of phenolic OH excluding ortho intramolecular Hbond substituents is 1. The van der Waals surface area contributed by atoms with Crippen molar-refractivity contribution in [2.75, 3.05) is 6.54 Å². The van der Waals surface area contributed by atoms with Crippen LogP contribution in [0.2, 0.25) is 0 Å². The van der Waals surface area contributed by atoms with Crippen molar-refractivity contribution in [2.45, 2.75) is 19.3 Å². The summed E-state index contributed by atoms with van der Waals surface area (Å²) in [7, 11) is 0. The number of phenols is 1. The van der Waals surface area contributed by atoms with Crippen molar-refractivity contribution < 1.29 is 15.0 Å². The standard InChI is InChI=1S/C10H12N2O5/c13-10-8(4-1-2-7-11(14)15)5-3-6-9(10)12(16)17/h3,5-6,13H,1-2,4,7H2. The molecule has 0 aliphatic heterocycles. The van der Waals surface area contributed by atoms with Crippen molar-refractivity contribution in [3.63, 3.8) is 0 Å². The minimum Gasteiger partial charge on any atom is -0.502 e. The molecule has 0 spiro atoms. The van der Waals surface area contributed by atoms with Crippen molar-refractivity contribution in [3.05, 3.63) is 44.0 Å². The van der Waals surface area contributed by atoms with Crippen LogP contribution in [0.4, 0.5) is 5.69 Å². The summed E-state index contributed by atoms with van der Waals surface area (Å²) in [5.41, 5.74) is 0.110. The third-order valence-corrected chi connectivity index (χ3v) is 2.33. The number of nitro groups is 2. The molecule has 0 aromatic heterocycles. The van der Waals surface area contributed by atoms with Gasteiger partial charge in [-0.3, -0.25) is 20.2 Å². The van der Waals surface area contributed by atoms with Crippen LogP contribution in [0.3, 0.4) is 0 Å². The molecule has 0 atom stereocenters. The molecule has 0 saturated carbocycles. The van der Waals surface area contributed by atoms with Crippen LogP contribution in [0.5, 0.6) is 5.75 Å². The fourth-order valence-corrected chi connectivity index (χ4v) is 1.48. The topological polar surface area (TPSA) is 107 Å². The lowest BCUT2D eigenvalue weighted by atomic mass is 10.1. The molecule has 1 aromatic rings. The molecular formula is C10H12N2O5. The number of nitro benzene ring substituents is 1. The van der Waals surface area contributed by atoms with Crippen LogP contribution in [-0.2, 0) is 6.42 Å². The number of hydrogen-bond donors (Lipinski definition) is 1. The predicted molar refractivity (Wildman–Crippen MR) is 59.6 cm³/mol. The highest BCUT2D eigenvalue weighted by Crippen LogP contribution is 2.30. The molecule has 0 radical (unpaired) electrons. The Hall–Kier alpha value is -2.18. The first-order valence-corrected chi connectivity index (χ1v) is 5.09. The molecule has 0 heterocycles. The van der Waals surface area contributed by atoms with Gasteiger partial charge < -0.3 is 5.11 Å². The van der Waals surface area contributed by atoms with E-state index in [-0.39, 0.29) is 18.0 Å². The maximum Gasteiger partial charge on any atom is 0.310 e. The number of aromatic hydroxyl groups is 1. The van der Waals surface area contributed by atoms with Crippen LogP contribution in [0, 0.1) is 20.2 Å². The van der Waals surface area contributed by atoms with E-state index < -0.39 is 9.85 Å². The summed E-state index contributed by atoms with van der Waals surface area (Å²) in [6.07, 6.45) is 1.28. The average molecular weight is 240 g/mol. The molecule has 1 rings (SSSR count). The van der Waals surface area contributed by atoms with Gasteiger partial charge in [-0.1, -0.05) is 12.1 Å². The minimum absolute atomic E-state index is 0.129. The third-order valence-electron chi connectivity index (χ3n) is 2.33. The van der Waals surface area contributed by atoms with Crippen molar-refractivity contribution >= 4 is 5.69 Å². The molecule has 0 fully saturated rings. The highest BCUT2D eigenvalue weighted by atomic mass is 16.6. The van der Waals surface area contributed by atoms with Crippen LogP contribution in [0.25, 0.3) is 0 Å². The van der Waals surface area contributed by atoms with Crippen molar-refractivity contribution in [3.8, 4) is 5.75 Å². The average Bonchev–Trinajstić information content (AvgIpc) is 2.25. The summed E-state index contributed by atoms with van der Waals surface area (Å²) in [5.74, 6) is -0.349. The number of aryl methyl sites for hydroxylation is 1. The van der Waals surface area contributed by atoms with Gasteiger partial charge in [0.15, 0.2) is 5.75 Å². The number of nitrogens with zero attached hydrogens (tertiary/aromatic N) is 2. The smallest absolute Gasteiger partial charge is 0.310 e. The Morgan fingerprint density at radius 1 is 1.18 bits per heavy atom. The van der Waals surface area contributed by atoms with E-state index in [4.69, 9.17) is 0 Å². The fourth-order valence-electron chi connectivity index (χ4n) is 1.48. The maximum atomic E-state index is 10.5. The molecule has 0 unspecified atom stereocenters. The zero-order chi connectivity index (χ0) is 12.8. The molecule has 92 valence electrons. The van der Waals surface area contributed by atoms with Gasteiger partial charge >= 0.3 is 5.69 Å². The van der Waals surface area contributed by atoms with Crippen LogP contribution in [0.1, 0.15) is 18.4 Å². The number of para-hydroxylation sites is 1. The molecule has 1 aromatic carbocycles. The highest BCUT2D eigenvalue weighted by Gasteiger charge is 2.15. The quantitative estimate of drug-likeness (QED) is 0.464. The Morgan fingerprint density at radius 3 is 2.47 bits per heavy atom. The lowest BCUT2D eigenvalue weighted by Crippen LogP contribution is -2.01. The monoisotopic (exact) mass is 240 g/mol. The molecule has 17 heavy (non-hydrogen) atoms. The normalized spacial score (nSPS) is 10.1. The zero-order valence-electron chi connectivity index (χ0n) is 9.04. The second kappa shape index (κ2) is 5.78. The van der Waals surface area contributed by atoms with Crippen molar-refractivity contribution in [2.24, 2.45) is 0 Å². The summed E-state index contributed by atoms with van der Waals surface area (Å²) < 4.78 is 0. The molecule has 7 heteroatoms. The molecule has 0 aliphatic rings. The van der Waals surface area contributed by atoms with Crippen LogP contribution in [-0.4, -0.2) is 21.5 Å². The highest BCUT2D eigenvalue weighted by molar-refractivity contribution is 5.50. The number of rotatable bonds is 6. The fraction of sp³-hybridized carbons (Fsp3) is 0.400. The summed E-state index contributed by atoms with van der Waals surface area (Å²) in [4.78, 5) is 19.6. The Kier molecular flexibility index (Phi) is 4.38. The van der Waals surface area contributed by atoms with E-state index in [2.05, 4.69) is 0 Å². The van der Waals surface area contributed by atoms with Crippen LogP contribution >= 0.6 is 0 Å². The van der Waals surface area contributed by atoms with E-state index in [0.717, 1.165) is 0 Å². The van der Waals surface area contributed by atoms with Gasteiger partial charge in [-0.2, -0.15) is 0 Å². The Labute approximate surface area is 97.0 Å². The summed E-state index contributed by atoms with van der Waals surface area (Å²) >= 11 is 0. The number of benzene rings is 1. The van der Waals surface area contributed by atoms with Gasteiger partial charge in [0.1, 0.15) is 0 Å². The molecule has 7 nitrogen and oxygen atoms in total. The van der Waals surface area contributed by atoms with Crippen molar-refractivity contribution in [1.82, 2.24) is 0 Å². The predicted octanol–water partition coefficient (Wildman–Crippen LogP) is 1.90. The molecule has 0 amide bonds. The Balaban J connectivity index is 2.62. The minimum atomic E-state index is -0.657. The summed E-state index contributed by atoms with van der Waals surface area (Å²) in [6, 6.07) is 4.28. The molecule has 0 bridgehead atoms. The van der Waals surface area contributed by atoms with Crippen LogP contribution < -0.4 is 0 Å². The van der Waals surface area contributed by atoms with E-state index >= 15 is 0 Å². The van der Waals surface area contributed by atoms with Gasteiger partial charge in [0, 0.05) is 23.0 Å². The van der Waals surface area contributed by atoms with E-state index in [0.29, 0.717) is 24.8 Å². The molecule has 0 saturated heterocycles. The summed E-state index contributed by atoms with van der Waals surface area (Å²) in [6.45, 7) is -0.129. The van der Waals surface area contributed by atoms with Gasteiger partial charge in [-0.15, -0.1) is 0 Å². The largest absolute Gasteiger partial charge is 0.502 e. The maximum absolute atomic E-state index is 10.5. The van der Waals surface area contributed by atoms with E-state index in [1.54, 1.807) is 6.07 Å². The van der Waals surface area contributed by atoms with E-state index in [9.17, 15) is 25.3 Å². The number of unbranched alkanes of at least 4 members (excludes halogenated alkanes) is 1. The Morgan fingerprint density at radius 2 is 1.88 bits per heavy atom. The van der Waals surface area contributed by atoms with Gasteiger partial charge in [0.05, 0.1) is 4.92 Å². The molecule has 0 aliphatic carbocycles. The first-order valence-electron chi connectivity index (χ1n) is 5.09. The molecule has 1 N–H and O–H groups in total.